The molecule has 1 N–H and O–H groups in total. The maximum Gasteiger partial charge on any atom is 0.219 e. The Bertz CT molecular complexity index is 1040. The molecule has 5 nitrogen and oxygen atoms in total. The average Bonchev–Trinajstić information content (AvgIpc) is 2.84. The Kier molecular flexibility index (Phi) is 7.38. The van der Waals surface area contributed by atoms with E-state index in [0.29, 0.717) is 13.0 Å². The van der Waals surface area contributed by atoms with E-state index in [4.69, 9.17) is 4.98 Å². The lowest BCUT2D eigenvalue weighted by molar-refractivity contribution is -0.121. The number of benzene rings is 2. The number of hydrogen-bond donors (Lipinski definition) is 1. The number of carbonyl (C=O) groups excluding carboxylic acids is 1. The molecule has 4 rings (SSSR count). The van der Waals surface area contributed by atoms with E-state index < -0.39 is 0 Å². The Balaban J connectivity index is 1.53. The van der Waals surface area contributed by atoms with Crippen LogP contribution in [0.15, 0.2) is 54.6 Å². The molecule has 32 heavy (non-hydrogen) atoms. The molecule has 1 aliphatic heterocycles. The van der Waals surface area contributed by atoms with Crippen LogP contribution < -0.4 is 10.2 Å². The summed E-state index contributed by atoms with van der Waals surface area (Å²) in [4.78, 5) is 21.7. The van der Waals surface area contributed by atoms with Crippen molar-refractivity contribution in [3.05, 3.63) is 60.2 Å². The third-order valence-electron chi connectivity index (χ3n) is 6.30. The Labute approximate surface area is 191 Å². The first kappa shape index (κ1) is 22.3. The normalized spacial score (nSPS) is 14.6. The van der Waals surface area contributed by atoms with E-state index in [9.17, 15) is 4.79 Å². The minimum Gasteiger partial charge on any atom is -0.356 e. The minimum absolute atomic E-state index is 0.136. The van der Waals surface area contributed by atoms with Gasteiger partial charge in [-0.2, -0.15) is 0 Å². The number of piperazine rings is 1. The molecule has 0 atom stereocenters. The van der Waals surface area contributed by atoms with Crippen LogP contribution in [0.3, 0.4) is 0 Å². The van der Waals surface area contributed by atoms with Crippen molar-refractivity contribution in [2.75, 3.05) is 44.2 Å². The molecule has 0 unspecified atom stereocenters. The topological polar surface area (TPSA) is 48.5 Å². The van der Waals surface area contributed by atoms with E-state index in [1.54, 1.807) is 0 Å². The molecule has 5 heteroatoms. The lowest BCUT2D eigenvalue weighted by Crippen LogP contribution is -2.46. The van der Waals surface area contributed by atoms with Crippen molar-refractivity contribution in [2.45, 2.75) is 33.1 Å². The lowest BCUT2D eigenvalue weighted by Gasteiger charge is -2.35. The van der Waals surface area contributed by atoms with Gasteiger partial charge in [0.25, 0.3) is 0 Å². The summed E-state index contributed by atoms with van der Waals surface area (Å²) in [6, 6.07) is 19.4. The number of nitrogens with zero attached hydrogens (tertiary/aromatic N) is 3. The van der Waals surface area contributed by atoms with Crippen LogP contribution >= 0.6 is 0 Å². The van der Waals surface area contributed by atoms with Gasteiger partial charge in [-0.25, -0.2) is 4.98 Å². The zero-order valence-corrected chi connectivity index (χ0v) is 19.3. The van der Waals surface area contributed by atoms with E-state index in [1.165, 1.54) is 16.3 Å². The van der Waals surface area contributed by atoms with Crippen molar-refractivity contribution >= 4 is 22.5 Å². The predicted molar refractivity (Wildman–Crippen MR) is 133 cm³/mol. The van der Waals surface area contributed by atoms with E-state index in [0.717, 1.165) is 62.6 Å². The second-order valence-corrected chi connectivity index (χ2v) is 8.52. The Morgan fingerprint density at radius 2 is 1.75 bits per heavy atom. The van der Waals surface area contributed by atoms with Crippen LogP contribution in [0, 0.1) is 0 Å². The molecule has 1 amide bonds. The highest BCUT2D eigenvalue weighted by molar-refractivity contribution is 5.95. The lowest BCUT2D eigenvalue weighted by atomic mass is 10.0. The van der Waals surface area contributed by atoms with E-state index >= 15 is 0 Å². The SMILES string of the molecule is CCCC(=O)NCCc1ccc(-c2cc3ccccc3c(N3CCN(CC)CC3)n2)cc1. The summed E-state index contributed by atoms with van der Waals surface area (Å²) in [6.07, 6.45) is 2.33. The maximum atomic E-state index is 11.7. The van der Waals surface area contributed by atoms with Crippen LogP contribution in [-0.4, -0.2) is 55.1 Å². The number of amides is 1. The summed E-state index contributed by atoms with van der Waals surface area (Å²) in [7, 11) is 0. The summed E-state index contributed by atoms with van der Waals surface area (Å²) >= 11 is 0. The monoisotopic (exact) mass is 430 g/mol. The number of fused-ring (bicyclic) bond motifs is 1. The number of pyridine rings is 1. The van der Waals surface area contributed by atoms with Crippen LogP contribution in [0.2, 0.25) is 0 Å². The fourth-order valence-electron chi connectivity index (χ4n) is 4.35. The number of anilines is 1. The van der Waals surface area contributed by atoms with Crippen molar-refractivity contribution in [1.29, 1.82) is 0 Å². The number of hydrogen-bond acceptors (Lipinski definition) is 4. The number of rotatable bonds is 8. The molecule has 1 saturated heterocycles. The van der Waals surface area contributed by atoms with Crippen molar-refractivity contribution in [3.8, 4) is 11.3 Å². The molecule has 0 aliphatic carbocycles. The summed E-state index contributed by atoms with van der Waals surface area (Å²) < 4.78 is 0. The van der Waals surface area contributed by atoms with Crippen molar-refractivity contribution < 1.29 is 4.79 Å². The molecule has 2 heterocycles. The van der Waals surface area contributed by atoms with Gasteiger partial charge < -0.3 is 15.1 Å². The smallest absolute Gasteiger partial charge is 0.219 e. The largest absolute Gasteiger partial charge is 0.356 e. The molecule has 0 saturated carbocycles. The van der Waals surface area contributed by atoms with Crippen molar-refractivity contribution in [2.24, 2.45) is 0 Å². The molecule has 1 aromatic heterocycles. The number of aromatic nitrogens is 1. The zero-order valence-electron chi connectivity index (χ0n) is 19.3. The van der Waals surface area contributed by atoms with Gasteiger partial charge in [-0.1, -0.05) is 62.4 Å². The summed E-state index contributed by atoms with van der Waals surface area (Å²) in [6.45, 7) is 10.2. The van der Waals surface area contributed by atoms with Gasteiger partial charge in [0.05, 0.1) is 5.69 Å². The van der Waals surface area contributed by atoms with Gasteiger partial charge in [-0.05, 0) is 36.4 Å². The second kappa shape index (κ2) is 10.6. The van der Waals surface area contributed by atoms with Crippen LogP contribution in [0.4, 0.5) is 5.82 Å². The molecule has 0 spiro atoms. The highest BCUT2D eigenvalue weighted by Crippen LogP contribution is 2.30. The van der Waals surface area contributed by atoms with E-state index in [2.05, 4.69) is 76.6 Å². The fourth-order valence-corrected chi connectivity index (χ4v) is 4.35. The fraction of sp³-hybridized carbons (Fsp3) is 0.407. The van der Waals surface area contributed by atoms with Gasteiger partial charge >= 0.3 is 0 Å². The third kappa shape index (κ3) is 5.28. The summed E-state index contributed by atoms with van der Waals surface area (Å²) in [5.74, 6) is 1.23. The average molecular weight is 431 g/mol. The van der Waals surface area contributed by atoms with Gasteiger partial charge in [-0.3, -0.25) is 4.79 Å². The van der Waals surface area contributed by atoms with Gasteiger partial charge in [-0.15, -0.1) is 0 Å². The van der Waals surface area contributed by atoms with Gasteiger partial charge in [0.2, 0.25) is 5.91 Å². The summed E-state index contributed by atoms with van der Waals surface area (Å²) in [5.41, 5.74) is 3.37. The highest BCUT2D eigenvalue weighted by Gasteiger charge is 2.19. The van der Waals surface area contributed by atoms with E-state index in [1.807, 2.05) is 6.92 Å². The molecule has 0 radical (unpaired) electrons. The minimum atomic E-state index is 0.136. The first-order valence-corrected chi connectivity index (χ1v) is 11.9. The quantitative estimate of drug-likeness (QED) is 0.572. The molecule has 3 aromatic rings. The predicted octanol–water partition coefficient (Wildman–Crippen LogP) is 4.50. The molecule has 2 aromatic carbocycles. The van der Waals surface area contributed by atoms with Gasteiger partial charge in [0.15, 0.2) is 0 Å². The van der Waals surface area contributed by atoms with Crippen LogP contribution in [0.1, 0.15) is 32.3 Å². The van der Waals surface area contributed by atoms with Gasteiger partial charge in [0, 0.05) is 50.1 Å². The molecule has 168 valence electrons. The second-order valence-electron chi connectivity index (χ2n) is 8.52. The number of nitrogens with one attached hydrogen (secondary N) is 1. The standard InChI is InChI=1S/C27H34N4O/c1-3-7-26(32)28-15-14-21-10-12-22(13-11-21)25-20-23-8-5-6-9-24(23)27(29-25)31-18-16-30(4-2)17-19-31/h5-6,8-13,20H,3-4,7,14-19H2,1-2H3,(H,28,32). The first-order valence-electron chi connectivity index (χ1n) is 11.9. The number of likely N-dealkylation sites (N-methyl/N-ethyl adjacent to an activating group) is 1. The zero-order chi connectivity index (χ0) is 22.3. The highest BCUT2D eigenvalue weighted by atomic mass is 16.1. The first-order chi connectivity index (χ1) is 15.7. The molecule has 0 bridgehead atoms. The van der Waals surface area contributed by atoms with Crippen LogP contribution in [0.5, 0.6) is 0 Å². The Morgan fingerprint density at radius 1 is 1.00 bits per heavy atom. The Morgan fingerprint density at radius 3 is 2.47 bits per heavy atom. The molecular formula is C27H34N4O. The van der Waals surface area contributed by atoms with E-state index in [-0.39, 0.29) is 5.91 Å². The van der Waals surface area contributed by atoms with Crippen LogP contribution in [0.25, 0.3) is 22.0 Å². The van der Waals surface area contributed by atoms with Crippen molar-refractivity contribution in [3.63, 3.8) is 0 Å². The molecular weight excluding hydrogens is 396 g/mol. The van der Waals surface area contributed by atoms with Crippen LogP contribution in [-0.2, 0) is 11.2 Å². The summed E-state index contributed by atoms with van der Waals surface area (Å²) in [5, 5.41) is 5.44. The molecule has 1 aliphatic rings. The van der Waals surface area contributed by atoms with Crippen molar-refractivity contribution in [1.82, 2.24) is 15.2 Å². The maximum absolute atomic E-state index is 11.7. The number of carbonyl (C=O) groups is 1. The Hall–Kier alpha value is -2.92. The third-order valence-corrected chi connectivity index (χ3v) is 6.30. The molecule has 1 fully saturated rings. The van der Waals surface area contributed by atoms with Gasteiger partial charge in [0.1, 0.15) is 5.82 Å².